The van der Waals surface area contributed by atoms with Gasteiger partial charge in [-0.2, -0.15) is 0 Å². The van der Waals surface area contributed by atoms with Crippen LogP contribution in [0.25, 0.3) is 0 Å². The van der Waals surface area contributed by atoms with Crippen molar-refractivity contribution < 1.29 is 8.42 Å². The predicted molar refractivity (Wildman–Crippen MR) is 74.4 cm³/mol. The number of hydrogen-bond donors (Lipinski definition) is 2. The molecule has 0 unspecified atom stereocenters. The van der Waals surface area contributed by atoms with Crippen molar-refractivity contribution in [3.8, 4) is 0 Å². The smallest absolute Gasteiger partial charge is 0.232 e. The Morgan fingerprint density at radius 1 is 1.22 bits per heavy atom. The standard InChI is InChI=1S/C13H20N2O2S/c1-14-8-3-9-18(16,17)15-13-7-6-11-4-2-5-12(11)10-13/h6-7,10,14-15H,2-5,8-9H2,1H3. The van der Waals surface area contributed by atoms with Crippen molar-refractivity contribution in [1.82, 2.24) is 5.32 Å². The van der Waals surface area contributed by atoms with E-state index < -0.39 is 10.0 Å². The lowest BCUT2D eigenvalue weighted by Gasteiger charge is -2.09. The minimum absolute atomic E-state index is 0.158. The largest absolute Gasteiger partial charge is 0.320 e. The highest BCUT2D eigenvalue weighted by Crippen LogP contribution is 2.25. The van der Waals surface area contributed by atoms with Crippen LogP contribution in [0.4, 0.5) is 5.69 Å². The number of rotatable bonds is 6. The maximum atomic E-state index is 11.8. The van der Waals surface area contributed by atoms with E-state index in [1.54, 1.807) is 0 Å². The number of anilines is 1. The highest BCUT2D eigenvalue weighted by atomic mass is 32.2. The van der Waals surface area contributed by atoms with Crippen LogP contribution in [0.5, 0.6) is 0 Å². The summed E-state index contributed by atoms with van der Waals surface area (Å²) in [5.41, 5.74) is 3.33. The van der Waals surface area contributed by atoms with Gasteiger partial charge in [-0.05, 0) is 62.5 Å². The highest BCUT2D eigenvalue weighted by molar-refractivity contribution is 7.92. The monoisotopic (exact) mass is 268 g/mol. The quantitative estimate of drug-likeness (QED) is 0.769. The van der Waals surface area contributed by atoms with Crippen molar-refractivity contribution in [2.24, 2.45) is 0 Å². The zero-order chi connectivity index (χ0) is 13.0. The van der Waals surface area contributed by atoms with E-state index >= 15 is 0 Å². The van der Waals surface area contributed by atoms with Gasteiger partial charge in [0, 0.05) is 5.69 Å². The lowest BCUT2D eigenvalue weighted by Crippen LogP contribution is -2.20. The molecule has 0 heterocycles. The minimum atomic E-state index is -3.21. The summed E-state index contributed by atoms with van der Waals surface area (Å²) in [5, 5.41) is 2.95. The fraction of sp³-hybridized carbons (Fsp3) is 0.538. The van der Waals surface area contributed by atoms with Gasteiger partial charge in [0.25, 0.3) is 0 Å². The van der Waals surface area contributed by atoms with Gasteiger partial charge in [0.1, 0.15) is 0 Å². The topological polar surface area (TPSA) is 58.2 Å². The molecule has 1 aromatic carbocycles. The van der Waals surface area contributed by atoms with Crippen LogP contribution in [-0.2, 0) is 22.9 Å². The summed E-state index contributed by atoms with van der Waals surface area (Å²) >= 11 is 0. The second-order valence-corrected chi connectivity index (χ2v) is 6.56. The second kappa shape index (κ2) is 5.71. The Hall–Kier alpha value is -1.07. The van der Waals surface area contributed by atoms with Crippen molar-refractivity contribution >= 4 is 15.7 Å². The zero-order valence-corrected chi connectivity index (χ0v) is 11.5. The first-order valence-electron chi connectivity index (χ1n) is 6.37. The van der Waals surface area contributed by atoms with Crippen LogP contribution in [0.3, 0.4) is 0 Å². The van der Waals surface area contributed by atoms with Gasteiger partial charge in [0.2, 0.25) is 10.0 Å². The lowest BCUT2D eigenvalue weighted by molar-refractivity contribution is 0.597. The van der Waals surface area contributed by atoms with Gasteiger partial charge in [-0.3, -0.25) is 4.72 Å². The molecule has 0 aliphatic heterocycles. The normalized spacial score (nSPS) is 14.5. The van der Waals surface area contributed by atoms with E-state index in [0.717, 1.165) is 12.8 Å². The molecule has 1 aromatic rings. The van der Waals surface area contributed by atoms with Gasteiger partial charge in [-0.25, -0.2) is 8.42 Å². The SMILES string of the molecule is CNCCCS(=O)(=O)Nc1ccc2c(c1)CCC2. The van der Waals surface area contributed by atoms with Crippen molar-refractivity contribution in [1.29, 1.82) is 0 Å². The summed E-state index contributed by atoms with van der Waals surface area (Å²) in [6, 6.07) is 5.87. The zero-order valence-electron chi connectivity index (χ0n) is 10.7. The molecular formula is C13H20N2O2S. The molecule has 0 bridgehead atoms. The molecule has 0 saturated heterocycles. The predicted octanol–water partition coefficient (Wildman–Crippen LogP) is 1.53. The van der Waals surface area contributed by atoms with Crippen LogP contribution < -0.4 is 10.0 Å². The van der Waals surface area contributed by atoms with E-state index in [2.05, 4.69) is 10.0 Å². The van der Waals surface area contributed by atoms with Gasteiger partial charge in [-0.15, -0.1) is 0 Å². The van der Waals surface area contributed by atoms with E-state index in [1.165, 1.54) is 17.5 Å². The molecular weight excluding hydrogens is 248 g/mol. The lowest BCUT2D eigenvalue weighted by atomic mass is 10.1. The Bertz CT molecular complexity index is 512. The molecule has 0 aromatic heterocycles. The number of aryl methyl sites for hydroxylation is 2. The third-order valence-electron chi connectivity index (χ3n) is 3.21. The highest BCUT2D eigenvalue weighted by Gasteiger charge is 2.14. The first kappa shape index (κ1) is 13.4. The maximum Gasteiger partial charge on any atom is 0.232 e. The molecule has 0 spiro atoms. The molecule has 1 aliphatic rings. The van der Waals surface area contributed by atoms with Crippen LogP contribution in [0, 0.1) is 0 Å². The molecule has 0 atom stereocenters. The Balaban J connectivity index is 2.00. The first-order valence-corrected chi connectivity index (χ1v) is 8.03. The van der Waals surface area contributed by atoms with Crippen LogP contribution in [0.15, 0.2) is 18.2 Å². The van der Waals surface area contributed by atoms with Gasteiger partial charge < -0.3 is 5.32 Å². The number of sulfonamides is 1. The fourth-order valence-electron chi connectivity index (χ4n) is 2.30. The van der Waals surface area contributed by atoms with E-state index in [0.29, 0.717) is 18.7 Å². The van der Waals surface area contributed by atoms with E-state index in [1.807, 2.05) is 25.2 Å². The van der Waals surface area contributed by atoms with Crippen LogP contribution in [-0.4, -0.2) is 27.8 Å². The van der Waals surface area contributed by atoms with Crippen molar-refractivity contribution in [2.75, 3.05) is 24.1 Å². The number of fused-ring (bicyclic) bond motifs is 1. The summed E-state index contributed by atoms with van der Waals surface area (Å²) in [5.74, 6) is 0.158. The Labute approximate surface area is 109 Å². The van der Waals surface area contributed by atoms with E-state index in [-0.39, 0.29) is 5.75 Å². The molecule has 4 nitrogen and oxygen atoms in total. The molecule has 100 valence electrons. The van der Waals surface area contributed by atoms with Crippen molar-refractivity contribution in [3.05, 3.63) is 29.3 Å². The van der Waals surface area contributed by atoms with Crippen LogP contribution >= 0.6 is 0 Å². The van der Waals surface area contributed by atoms with Gasteiger partial charge >= 0.3 is 0 Å². The number of benzene rings is 1. The van der Waals surface area contributed by atoms with Gasteiger partial charge in [-0.1, -0.05) is 6.07 Å². The Morgan fingerprint density at radius 2 is 2.00 bits per heavy atom. The second-order valence-electron chi connectivity index (χ2n) is 4.72. The Morgan fingerprint density at radius 3 is 2.78 bits per heavy atom. The average Bonchev–Trinajstić information content (AvgIpc) is 2.75. The van der Waals surface area contributed by atoms with Gasteiger partial charge in [0.15, 0.2) is 0 Å². The molecule has 0 saturated carbocycles. The molecule has 2 N–H and O–H groups in total. The van der Waals surface area contributed by atoms with Gasteiger partial charge in [0.05, 0.1) is 5.75 Å². The summed E-state index contributed by atoms with van der Waals surface area (Å²) in [6.45, 7) is 0.713. The molecule has 0 amide bonds. The third-order valence-corrected chi connectivity index (χ3v) is 4.58. The summed E-state index contributed by atoms with van der Waals surface area (Å²) in [6.07, 6.45) is 3.97. The first-order chi connectivity index (χ1) is 8.61. The van der Waals surface area contributed by atoms with E-state index in [9.17, 15) is 8.42 Å². The maximum absolute atomic E-state index is 11.8. The summed E-state index contributed by atoms with van der Waals surface area (Å²) in [7, 11) is -1.39. The van der Waals surface area contributed by atoms with Crippen molar-refractivity contribution in [2.45, 2.75) is 25.7 Å². The summed E-state index contributed by atoms with van der Waals surface area (Å²) in [4.78, 5) is 0. The van der Waals surface area contributed by atoms with Crippen LogP contribution in [0.2, 0.25) is 0 Å². The van der Waals surface area contributed by atoms with Crippen molar-refractivity contribution in [3.63, 3.8) is 0 Å². The molecule has 0 fully saturated rings. The minimum Gasteiger partial charge on any atom is -0.320 e. The average molecular weight is 268 g/mol. The number of nitrogens with one attached hydrogen (secondary N) is 2. The fourth-order valence-corrected chi connectivity index (χ4v) is 3.42. The third kappa shape index (κ3) is 3.46. The Kier molecular flexibility index (Phi) is 4.24. The molecule has 5 heteroatoms. The number of hydrogen-bond acceptors (Lipinski definition) is 3. The van der Waals surface area contributed by atoms with Crippen LogP contribution in [0.1, 0.15) is 24.0 Å². The van der Waals surface area contributed by atoms with E-state index in [4.69, 9.17) is 0 Å². The molecule has 1 aliphatic carbocycles. The molecule has 0 radical (unpaired) electrons. The molecule has 2 rings (SSSR count). The summed E-state index contributed by atoms with van der Waals surface area (Å²) < 4.78 is 26.3. The molecule has 18 heavy (non-hydrogen) atoms.